The summed E-state index contributed by atoms with van der Waals surface area (Å²) in [6.45, 7) is 0.287. The second-order valence-electron chi connectivity index (χ2n) is 3.78. The van der Waals surface area contributed by atoms with Gasteiger partial charge in [-0.25, -0.2) is 9.78 Å². The lowest BCUT2D eigenvalue weighted by molar-refractivity contribution is 0.0683. The summed E-state index contributed by atoms with van der Waals surface area (Å²) in [5.41, 5.74) is 0.796. The molecule has 1 N–H and O–H groups in total. The number of carboxylic acid groups (broad SMARTS) is 1. The number of rotatable bonds is 5. The van der Waals surface area contributed by atoms with Gasteiger partial charge >= 0.3 is 5.97 Å². The third kappa shape index (κ3) is 3.22. The predicted octanol–water partition coefficient (Wildman–Crippen LogP) is 2.37. The number of carboxylic acids is 1. The van der Waals surface area contributed by atoms with E-state index in [-0.39, 0.29) is 23.9 Å². The molecule has 0 radical (unpaired) electrons. The van der Waals surface area contributed by atoms with Gasteiger partial charge in [-0.05, 0) is 11.6 Å². The molecule has 19 heavy (non-hydrogen) atoms. The van der Waals surface area contributed by atoms with Gasteiger partial charge in [-0.1, -0.05) is 30.3 Å². The van der Waals surface area contributed by atoms with Crippen LogP contribution in [0, 0.1) is 0 Å². The SMILES string of the molecule is COc1ccc(OCc2ccccc2)c(C(=O)O)n1. The molecule has 0 saturated heterocycles. The van der Waals surface area contributed by atoms with Crippen LogP contribution in [0.25, 0.3) is 0 Å². The Bertz CT molecular complexity index is 569. The highest BCUT2D eigenvalue weighted by molar-refractivity contribution is 5.88. The summed E-state index contributed by atoms with van der Waals surface area (Å²) in [6, 6.07) is 12.6. The smallest absolute Gasteiger partial charge is 0.358 e. The monoisotopic (exact) mass is 259 g/mol. The molecule has 1 heterocycles. The largest absolute Gasteiger partial charge is 0.486 e. The molecule has 2 rings (SSSR count). The van der Waals surface area contributed by atoms with Crippen LogP contribution in [0.2, 0.25) is 0 Å². The Morgan fingerprint density at radius 1 is 1.21 bits per heavy atom. The fourth-order valence-electron chi connectivity index (χ4n) is 1.55. The van der Waals surface area contributed by atoms with Crippen LogP contribution in [0.5, 0.6) is 11.6 Å². The zero-order valence-electron chi connectivity index (χ0n) is 10.4. The van der Waals surface area contributed by atoms with E-state index in [0.717, 1.165) is 5.56 Å². The van der Waals surface area contributed by atoms with Crippen molar-refractivity contribution in [2.75, 3.05) is 7.11 Å². The van der Waals surface area contributed by atoms with Gasteiger partial charge in [-0.15, -0.1) is 0 Å². The lowest BCUT2D eigenvalue weighted by Crippen LogP contribution is -2.06. The maximum absolute atomic E-state index is 11.1. The van der Waals surface area contributed by atoms with Crippen LogP contribution >= 0.6 is 0 Å². The molecular weight excluding hydrogens is 246 g/mol. The highest BCUT2D eigenvalue weighted by atomic mass is 16.5. The number of ether oxygens (including phenoxy) is 2. The van der Waals surface area contributed by atoms with Crippen molar-refractivity contribution in [2.24, 2.45) is 0 Å². The first-order valence-corrected chi connectivity index (χ1v) is 5.66. The Labute approximate surface area is 110 Å². The van der Waals surface area contributed by atoms with E-state index in [1.165, 1.54) is 13.2 Å². The van der Waals surface area contributed by atoms with Gasteiger partial charge in [0, 0.05) is 6.07 Å². The topological polar surface area (TPSA) is 68.7 Å². The summed E-state index contributed by atoms with van der Waals surface area (Å²) >= 11 is 0. The van der Waals surface area contributed by atoms with E-state index >= 15 is 0 Å². The van der Waals surface area contributed by atoms with Gasteiger partial charge in [-0.2, -0.15) is 0 Å². The van der Waals surface area contributed by atoms with Crippen LogP contribution in [-0.2, 0) is 6.61 Å². The quantitative estimate of drug-likeness (QED) is 0.892. The van der Waals surface area contributed by atoms with Crippen LogP contribution in [0.1, 0.15) is 16.1 Å². The summed E-state index contributed by atoms with van der Waals surface area (Å²) in [6.07, 6.45) is 0. The van der Waals surface area contributed by atoms with Crippen molar-refractivity contribution in [3.8, 4) is 11.6 Å². The molecule has 2 aromatic rings. The molecule has 0 aliphatic carbocycles. The fraction of sp³-hybridized carbons (Fsp3) is 0.143. The van der Waals surface area contributed by atoms with Gasteiger partial charge in [0.2, 0.25) is 5.88 Å². The molecular formula is C14H13NO4. The van der Waals surface area contributed by atoms with Crippen molar-refractivity contribution < 1.29 is 19.4 Å². The minimum Gasteiger partial charge on any atom is -0.486 e. The maximum atomic E-state index is 11.1. The van der Waals surface area contributed by atoms with Gasteiger partial charge in [0.25, 0.3) is 0 Å². The number of methoxy groups -OCH3 is 1. The normalized spacial score (nSPS) is 9.95. The number of aromatic nitrogens is 1. The number of hydrogen-bond acceptors (Lipinski definition) is 4. The van der Waals surface area contributed by atoms with Crippen molar-refractivity contribution in [3.63, 3.8) is 0 Å². The second-order valence-corrected chi connectivity index (χ2v) is 3.78. The van der Waals surface area contributed by atoms with Gasteiger partial charge < -0.3 is 14.6 Å². The average Bonchev–Trinajstić information content (AvgIpc) is 2.46. The van der Waals surface area contributed by atoms with E-state index < -0.39 is 5.97 Å². The van der Waals surface area contributed by atoms with Gasteiger partial charge in [0.05, 0.1) is 7.11 Å². The number of hydrogen-bond donors (Lipinski definition) is 1. The Hall–Kier alpha value is -2.56. The molecule has 0 aliphatic heterocycles. The zero-order valence-corrected chi connectivity index (χ0v) is 10.4. The van der Waals surface area contributed by atoms with Crippen molar-refractivity contribution in [2.45, 2.75) is 6.61 Å². The molecule has 5 heteroatoms. The first-order valence-electron chi connectivity index (χ1n) is 5.66. The lowest BCUT2D eigenvalue weighted by Gasteiger charge is -2.09. The Kier molecular flexibility index (Phi) is 3.97. The van der Waals surface area contributed by atoms with Crippen LogP contribution in [0.15, 0.2) is 42.5 Å². The summed E-state index contributed by atoms with van der Waals surface area (Å²) in [5.74, 6) is -0.691. The standard InChI is InChI=1S/C14H13NO4/c1-18-12-8-7-11(13(15-12)14(16)17)19-9-10-5-3-2-4-6-10/h2-8H,9H2,1H3,(H,16,17). The summed E-state index contributed by atoms with van der Waals surface area (Å²) < 4.78 is 10.4. The minimum absolute atomic E-state index is 0.157. The molecule has 0 amide bonds. The molecule has 0 unspecified atom stereocenters. The second kappa shape index (κ2) is 5.86. The van der Waals surface area contributed by atoms with Crippen LogP contribution in [0.3, 0.4) is 0 Å². The van der Waals surface area contributed by atoms with Crippen LogP contribution < -0.4 is 9.47 Å². The van der Waals surface area contributed by atoms with E-state index in [9.17, 15) is 4.79 Å². The molecule has 1 aromatic heterocycles. The zero-order chi connectivity index (χ0) is 13.7. The average molecular weight is 259 g/mol. The third-order valence-corrected chi connectivity index (χ3v) is 2.48. The Morgan fingerprint density at radius 3 is 2.58 bits per heavy atom. The van der Waals surface area contributed by atoms with Crippen molar-refractivity contribution in [1.29, 1.82) is 0 Å². The number of carbonyl (C=O) groups is 1. The van der Waals surface area contributed by atoms with Crippen molar-refractivity contribution >= 4 is 5.97 Å². The van der Waals surface area contributed by atoms with Crippen molar-refractivity contribution in [1.82, 2.24) is 4.98 Å². The summed E-state index contributed by atoms with van der Waals surface area (Å²) in [4.78, 5) is 15.0. The number of benzene rings is 1. The molecule has 0 bridgehead atoms. The first-order chi connectivity index (χ1) is 9.20. The van der Waals surface area contributed by atoms with E-state index in [0.29, 0.717) is 0 Å². The number of aromatic carboxylic acids is 1. The number of nitrogens with zero attached hydrogens (tertiary/aromatic N) is 1. The predicted molar refractivity (Wildman–Crippen MR) is 68.5 cm³/mol. The minimum atomic E-state index is -1.15. The fourth-order valence-corrected chi connectivity index (χ4v) is 1.55. The third-order valence-electron chi connectivity index (χ3n) is 2.48. The molecule has 0 atom stereocenters. The van der Waals surface area contributed by atoms with E-state index in [4.69, 9.17) is 14.6 Å². The molecule has 0 fully saturated rings. The van der Waals surface area contributed by atoms with Crippen LogP contribution in [0.4, 0.5) is 0 Å². The van der Waals surface area contributed by atoms with Crippen LogP contribution in [-0.4, -0.2) is 23.2 Å². The van der Waals surface area contributed by atoms with Gasteiger partial charge in [-0.3, -0.25) is 0 Å². The molecule has 1 aromatic carbocycles. The van der Waals surface area contributed by atoms with Crippen molar-refractivity contribution in [3.05, 3.63) is 53.7 Å². The lowest BCUT2D eigenvalue weighted by atomic mass is 10.2. The summed E-state index contributed by atoms with van der Waals surface area (Å²) in [7, 11) is 1.43. The first kappa shape index (κ1) is 12.9. The summed E-state index contributed by atoms with van der Waals surface area (Å²) in [5, 5.41) is 9.08. The maximum Gasteiger partial charge on any atom is 0.358 e. The number of pyridine rings is 1. The molecule has 0 saturated carbocycles. The highest BCUT2D eigenvalue weighted by Gasteiger charge is 2.14. The Morgan fingerprint density at radius 2 is 1.95 bits per heavy atom. The molecule has 5 nitrogen and oxygen atoms in total. The highest BCUT2D eigenvalue weighted by Crippen LogP contribution is 2.21. The molecule has 98 valence electrons. The molecule has 0 spiro atoms. The van der Waals surface area contributed by atoms with E-state index in [1.54, 1.807) is 6.07 Å². The van der Waals surface area contributed by atoms with Gasteiger partial charge in [0.1, 0.15) is 6.61 Å². The van der Waals surface area contributed by atoms with Gasteiger partial charge in [0.15, 0.2) is 11.4 Å². The Balaban J connectivity index is 2.18. The van der Waals surface area contributed by atoms with E-state index in [2.05, 4.69) is 4.98 Å². The molecule has 0 aliphatic rings. The van der Waals surface area contributed by atoms with E-state index in [1.807, 2.05) is 30.3 Å².